The van der Waals surface area contributed by atoms with Gasteiger partial charge in [-0.25, -0.2) is 0 Å². The van der Waals surface area contributed by atoms with Crippen LogP contribution in [0.25, 0.3) is 0 Å². The van der Waals surface area contributed by atoms with Crippen molar-refractivity contribution in [3.05, 3.63) is 34.3 Å². The molecule has 1 aliphatic rings. The quantitative estimate of drug-likeness (QED) is 0.842. The Balaban J connectivity index is 1.80. The van der Waals surface area contributed by atoms with Gasteiger partial charge in [0, 0.05) is 11.6 Å². The third-order valence-electron chi connectivity index (χ3n) is 3.12. The summed E-state index contributed by atoms with van der Waals surface area (Å²) in [5.74, 6) is 0.782. The predicted molar refractivity (Wildman–Crippen MR) is 68.9 cm³/mol. The molecule has 0 aromatic heterocycles. The van der Waals surface area contributed by atoms with Crippen LogP contribution in [-0.4, -0.2) is 19.6 Å². The molecular formula is C13H19ClN2. The third-order valence-corrected chi connectivity index (χ3v) is 3.47. The van der Waals surface area contributed by atoms with Crippen molar-refractivity contribution in [1.82, 2.24) is 10.6 Å². The van der Waals surface area contributed by atoms with Crippen molar-refractivity contribution in [2.24, 2.45) is 5.92 Å². The fraction of sp³-hybridized carbons (Fsp3) is 0.538. The minimum absolute atomic E-state index is 0.782. The summed E-state index contributed by atoms with van der Waals surface area (Å²) in [7, 11) is 0. The van der Waals surface area contributed by atoms with Gasteiger partial charge in [0.15, 0.2) is 0 Å². The lowest BCUT2D eigenvalue weighted by molar-refractivity contribution is 0.513. The fourth-order valence-electron chi connectivity index (χ4n) is 2.10. The van der Waals surface area contributed by atoms with E-state index in [0.29, 0.717) is 0 Å². The first-order chi connectivity index (χ1) is 7.75. The Hall–Kier alpha value is -0.570. The molecule has 1 aromatic rings. The molecule has 2 nitrogen and oxygen atoms in total. The molecule has 88 valence electrons. The molecule has 1 unspecified atom stereocenters. The number of aryl methyl sites for hydroxylation is 1. The zero-order chi connectivity index (χ0) is 11.4. The Morgan fingerprint density at radius 2 is 2.38 bits per heavy atom. The first-order valence-corrected chi connectivity index (χ1v) is 6.30. The smallest absolute Gasteiger partial charge is 0.0453 e. The highest BCUT2D eigenvalue weighted by Gasteiger charge is 2.13. The van der Waals surface area contributed by atoms with Gasteiger partial charge in [0.1, 0.15) is 0 Å². The van der Waals surface area contributed by atoms with Gasteiger partial charge in [-0.2, -0.15) is 0 Å². The van der Waals surface area contributed by atoms with Gasteiger partial charge in [-0.15, -0.1) is 0 Å². The van der Waals surface area contributed by atoms with Gasteiger partial charge in [0.05, 0.1) is 0 Å². The third kappa shape index (κ3) is 3.21. The van der Waals surface area contributed by atoms with E-state index in [9.17, 15) is 0 Å². The maximum atomic E-state index is 6.17. The van der Waals surface area contributed by atoms with Crippen LogP contribution < -0.4 is 10.6 Å². The lowest BCUT2D eigenvalue weighted by atomic mass is 10.1. The van der Waals surface area contributed by atoms with Crippen molar-refractivity contribution < 1.29 is 0 Å². The molecular weight excluding hydrogens is 220 g/mol. The van der Waals surface area contributed by atoms with Crippen LogP contribution in [0.5, 0.6) is 0 Å². The van der Waals surface area contributed by atoms with Crippen molar-refractivity contribution in [3.8, 4) is 0 Å². The Morgan fingerprint density at radius 3 is 3.06 bits per heavy atom. The van der Waals surface area contributed by atoms with E-state index in [0.717, 1.165) is 37.1 Å². The zero-order valence-corrected chi connectivity index (χ0v) is 10.5. The molecule has 16 heavy (non-hydrogen) atoms. The summed E-state index contributed by atoms with van der Waals surface area (Å²) in [6.07, 6.45) is 1.29. The van der Waals surface area contributed by atoms with Crippen molar-refractivity contribution >= 4 is 11.6 Å². The number of halogens is 1. The fourth-order valence-corrected chi connectivity index (χ4v) is 2.40. The maximum absolute atomic E-state index is 6.17. The first kappa shape index (κ1) is 11.9. The molecule has 1 atom stereocenters. The van der Waals surface area contributed by atoms with E-state index in [1.54, 1.807) is 0 Å². The van der Waals surface area contributed by atoms with Crippen molar-refractivity contribution in [3.63, 3.8) is 0 Å². The van der Waals surface area contributed by atoms with Gasteiger partial charge in [0.2, 0.25) is 0 Å². The van der Waals surface area contributed by atoms with E-state index < -0.39 is 0 Å². The van der Waals surface area contributed by atoms with E-state index in [1.165, 1.54) is 17.5 Å². The molecule has 2 rings (SSSR count). The molecule has 0 radical (unpaired) electrons. The second kappa shape index (κ2) is 5.67. The van der Waals surface area contributed by atoms with Crippen molar-refractivity contribution in [1.29, 1.82) is 0 Å². The molecule has 1 saturated heterocycles. The van der Waals surface area contributed by atoms with E-state index in [-0.39, 0.29) is 0 Å². The van der Waals surface area contributed by atoms with Crippen LogP contribution in [0.4, 0.5) is 0 Å². The molecule has 0 amide bonds. The number of rotatable bonds is 4. The second-order valence-electron chi connectivity index (χ2n) is 4.58. The summed E-state index contributed by atoms with van der Waals surface area (Å²) in [5.41, 5.74) is 2.41. The van der Waals surface area contributed by atoms with Crippen LogP contribution in [-0.2, 0) is 6.54 Å². The van der Waals surface area contributed by atoms with Crippen LogP contribution in [0.1, 0.15) is 17.5 Å². The van der Waals surface area contributed by atoms with Crippen LogP contribution in [0.3, 0.4) is 0 Å². The summed E-state index contributed by atoms with van der Waals surface area (Å²) in [6.45, 7) is 6.33. The lowest BCUT2D eigenvalue weighted by Crippen LogP contribution is -2.24. The highest BCUT2D eigenvalue weighted by Crippen LogP contribution is 2.17. The summed E-state index contributed by atoms with van der Waals surface area (Å²) in [5, 5.41) is 7.73. The van der Waals surface area contributed by atoms with Gasteiger partial charge in [-0.3, -0.25) is 0 Å². The SMILES string of the molecule is Cc1ccc(CNCC2CCNC2)c(Cl)c1. The van der Waals surface area contributed by atoms with E-state index in [4.69, 9.17) is 11.6 Å². The first-order valence-electron chi connectivity index (χ1n) is 5.92. The highest BCUT2D eigenvalue weighted by atomic mass is 35.5. The zero-order valence-electron chi connectivity index (χ0n) is 9.72. The Morgan fingerprint density at radius 1 is 1.50 bits per heavy atom. The summed E-state index contributed by atoms with van der Waals surface area (Å²) >= 11 is 6.17. The molecule has 0 spiro atoms. The standard InChI is InChI=1S/C13H19ClN2/c1-10-2-3-12(13(14)6-10)9-16-8-11-4-5-15-7-11/h2-3,6,11,15-16H,4-5,7-9H2,1H3. The second-order valence-corrected chi connectivity index (χ2v) is 4.99. The number of hydrogen-bond acceptors (Lipinski definition) is 2. The van der Waals surface area contributed by atoms with Crippen molar-refractivity contribution in [2.75, 3.05) is 19.6 Å². The molecule has 2 N–H and O–H groups in total. The molecule has 1 aromatic carbocycles. The summed E-state index contributed by atoms with van der Waals surface area (Å²) < 4.78 is 0. The minimum Gasteiger partial charge on any atom is -0.316 e. The molecule has 3 heteroatoms. The largest absolute Gasteiger partial charge is 0.316 e. The van der Waals surface area contributed by atoms with Gasteiger partial charge in [-0.05, 0) is 56.1 Å². The van der Waals surface area contributed by atoms with Crippen LogP contribution >= 0.6 is 11.6 Å². The molecule has 0 aliphatic carbocycles. The van der Waals surface area contributed by atoms with E-state index >= 15 is 0 Å². The Labute approximate surface area is 102 Å². The minimum atomic E-state index is 0.782. The number of hydrogen-bond donors (Lipinski definition) is 2. The molecule has 1 heterocycles. The maximum Gasteiger partial charge on any atom is 0.0453 e. The molecule has 1 fully saturated rings. The molecule has 0 bridgehead atoms. The Kier molecular flexibility index (Phi) is 4.22. The van der Waals surface area contributed by atoms with Crippen LogP contribution in [0.15, 0.2) is 18.2 Å². The monoisotopic (exact) mass is 238 g/mol. The summed E-state index contributed by atoms with van der Waals surface area (Å²) in [4.78, 5) is 0. The Bertz CT molecular complexity index is 346. The highest BCUT2D eigenvalue weighted by molar-refractivity contribution is 6.31. The van der Waals surface area contributed by atoms with E-state index in [2.05, 4.69) is 29.7 Å². The van der Waals surface area contributed by atoms with Crippen LogP contribution in [0.2, 0.25) is 5.02 Å². The lowest BCUT2D eigenvalue weighted by Gasteiger charge is -2.11. The van der Waals surface area contributed by atoms with E-state index in [1.807, 2.05) is 6.07 Å². The summed E-state index contributed by atoms with van der Waals surface area (Å²) in [6, 6.07) is 6.24. The van der Waals surface area contributed by atoms with Gasteiger partial charge < -0.3 is 10.6 Å². The molecule has 0 saturated carbocycles. The normalized spacial score (nSPS) is 20.2. The average molecular weight is 239 g/mol. The van der Waals surface area contributed by atoms with Gasteiger partial charge in [-0.1, -0.05) is 23.7 Å². The van der Waals surface area contributed by atoms with Crippen molar-refractivity contribution in [2.45, 2.75) is 19.9 Å². The van der Waals surface area contributed by atoms with Crippen LogP contribution in [0, 0.1) is 12.8 Å². The number of benzene rings is 1. The molecule has 1 aliphatic heterocycles. The van der Waals surface area contributed by atoms with Gasteiger partial charge in [0.25, 0.3) is 0 Å². The predicted octanol–water partition coefficient (Wildman–Crippen LogP) is 2.35. The topological polar surface area (TPSA) is 24.1 Å². The number of nitrogens with one attached hydrogen (secondary N) is 2. The van der Waals surface area contributed by atoms with Gasteiger partial charge >= 0.3 is 0 Å². The average Bonchev–Trinajstić information content (AvgIpc) is 2.74.